The predicted molar refractivity (Wildman–Crippen MR) is 82.7 cm³/mol. The molecule has 1 N–H and O–H groups in total. The van der Waals surface area contributed by atoms with E-state index >= 15 is 0 Å². The first kappa shape index (κ1) is 16.4. The van der Waals surface area contributed by atoms with E-state index < -0.39 is 10.0 Å². The molecule has 2 rings (SSSR count). The molecule has 0 spiro atoms. The second kappa shape index (κ2) is 6.44. The Morgan fingerprint density at radius 1 is 1.29 bits per heavy atom. The van der Waals surface area contributed by atoms with Crippen molar-refractivity contribution >= 4 is 10.0 Å². The number of hydrogen-bond donors (Lipinski definition) is 1. The lowest BCUT2D eigenvalue weighted by atomic mass is 10.1. The highest BCUT2D eigenvalue weighted by Crippen LogP contribution is 2.21. The van der Waals surface area contributed by atoms with E-state index in [0.29, 0.717) is 10.9 Å². The van der Waals surface area contributed by atoms with Crippen LogP contribution in [0.4, 0.5) is 0 Å². The van der Waals surface area contributed by atoms with E-state index in [4.69, 9.17) is 4.74 Å². The first-order chi connectivity index (χ1) is 9.82. The lowest BCUT2D eigenvalue weighted by molar-refractivity contribution is 0.111. The minimum atomic E-state index is -3.36. The first-order valence-corrected chi connectivity index (χ1v) is 8.66. The molecule has 21 heavy (non-hydrogen) atoms. The van der Waals surface area contributed by atoms with E-state index in [1.807, 2.05) is 12.1 Å². The van der Waals surface area contributed by atoms with Gasteiger partial charge in [-0.05, 0) is 38.0 Å². The minimum Gasteiger partial charge on any atom is -0.377 e. The fraction of sp³-hybridized carbons (Fsp3) is 0.600. The highest BCUT2D eigenvalue weighted by Gasteiger charge is 2.25. The smallest absolute Gasteiger partial charge is 0.242 e. The monoisotopic (exact) mass is 312 g/mol. The van der Waals surface area contributed by atoms with Gasteiger partial charge in [-0.3, -0.25) is 0 Å². The maximum atomic E-state index is 12.0. The standard InChI is InChI=1S/C15H24N2O3S/c1-11(16-15-9-10-20-12(15)2)13-5-7-14(8-6-13)21(18,19)17(3)4/h5-8,11-12,15-16H,9-10H2,1-4H3. The summed E-state index contributed by atoms with van der Waals surface area (Å²) in [4.78, 5) is 0.320. The Balaban J connectivity index is 2.08. The fourth-order valence-electron chi connectivity index (χ4n) is 2.51. The molecule has 0 amide bonds. The third-order valence-corrected chi connectivity index (χ3v) is 5.83. The Kier molecular flexibility index (Phi) is 5.03. The van der Waals surface area contributed by atoms with Crippen molar-refractivity contribution < 1.29 is 13.2 Å². The van der Waals surface area contributed by atoms with Crippen molar-refractivity contribution in [1.29, 1.82) is 0 Å². The molecule has 0 radical (unpaired) electrons. The van der Waals surface area contributed by atoms with Crippen LogP contribution in [0.15, 0.2) is 29.2 Å². The maximum absolute atomic E-state index is 12.0. The van der Waals surface area contributed by atoms with Crippen LogP contribution in [0.25, 0.3) is 0 Å². The third-order valence-electron chi connectivity index (χ3n) is 4.00. The Labute approximate surface area is 127 Å². The number of nitrogens with one attached hydrogen (secondary N) is 1. The average molecular weight is 312 g/mol. The Bertz CT molecular complexity index is 569. The summed E-state index contributed by atoms with van der Waals surface area (Å²) in [5.74, 6) is 0. The Hall–Kier alpha value is -0.950. The van der Waals surface area contributed by atoms with Crippen LogP contribution in [-0.2, 0) is 14.8 Å². The van der Waals surface area contributed by atoms with Crippen LogP contribution in [-0.4, -0.2) is 45.6 Å². The molecule has 1 aromatic rings. The van der Waals surface area contributed by atoms with Gasteiger partial charge in [-0.1, -0.05) is 12.1 Å². The molecule has 1 aliphatic heterocycles. The molecule has 118 valence electrons. The lowest BCUT2D eigenvalue weighted by Crippen LogP contribution is -2.36. The molecule has 1 heterocycles. The van der Waals surface area contributed by atoms with Crippen molar-refractivity contribution in [3.63, 3.8) is 0 Å². The van der Waals surface area contributed by atoms with Gasteiger partial charge in [-0.15, -0.1) is 0 Å². The molecule has 3 unspecified atom stereocenters. The van der Waals surface area contributed by atoms with Crippen molar-refractivity contribution in [3.8, 4) is 0 Å². The van der Waals surface area contributed by atoms with Crippen LogP contribution >= 0.6 is 0 Å². The quantitative estimate of drug-likeness (QED) is 0.900. The maximum Gasteiger partial charge on any atom is 0.242 e. The number of sulfonamides is 1. The topological polar surface area (TPSA) is 58.6 Å². The predicted octanol–water partition coefficient (Wildman–Crippen LogP) is 1.76. The molecule has 6 heteroatoms. The fourth-order valence-corrected chi connectivity index (χ4v) is 3.41. The molecule has 5 nitrogen and oxygen atoms in total. The van der Waals surface area contributed by atoms with Gasteiger partial charge in [0.25, 0.3) is 0 Å². The molecule has 0 aliphatic carbocycles. The van der Waals surface area contributed by atoms with Crippen LogP contribution in [0.3, 0.4) is 0 Å². The van der Waals surface area contributed by atoms with Gasteiger partial charge < -0.3 is 10.1 Å². The van der Waals surface area contributed by atoms with Gasteiger partial charge in [0.15, 0.2) is 0 Å². The van der Waals surface area contributed by atoms with Gasteiger partial charge in [0.1, 0.15) is 0 Å². The molecule has 1 fully saturated rings. The molecule has 0 aromatic heterocycles. The molecular formula is C15H24N2O3S. The first-order valence-electron chi connectivity index (χ1n) is 7.22. The van der Waals surface area contributed by atoms with Crippen LogP contribution in [0.2, 0.25) is 0 Å². The van der Waals surface area contributed by atoms with Gasteiger partial charge >= 0.3 is 0 Å². The van der Waals surface area contributed by atoms with Crippen molar-refractivity contribution in [2.45, 2.75) is 43.4 Å². The molecule has 0 saturated carbocycles. The summed E-state index contributed by atoms with van der Waals surface area (Å²) in [6, 6.07) is 7.58. The summed E-state index contributed by atoms with van der Waals surface area (Å²) in [5.41, 5.74) is 1.08. The van der Waals surface area contributed by atoms with Crippen molar-refractivity contribution in [2.75, 3.05) is 20.7 Å². The van der Waals surface area contributed by atoms with E-state index in [1.165, 1.54) is 18.4 Å². The molecular weight excluding hydrogens is 288 g/mol. The second-order valence-corrected chi connectivity index (χ2v) is 7.87. The van der Waals surface area contributed by atoms with Gasteiger partial charge in [-0.25, -0.2) is 12.7 Å². The van der Waals surface area contributed by atoms with Gasteiger partial charge in [0.2, 0.25) is 10.0 Å². The average Bonchev–Trinajstić information content (AvgIpc) is 2.84. The van der Waals surface area contributed by atoms with E-state index in [0.717, 1.165) is 18.6 Å². The van der Waals surface area contributed by atoms with E-state index in [2.05, 4.69) is 19.2 Å². The van der Waals surface area contributed by atoms with E-state index in [1.54, 1.807) is 12.1 Å². The van der Waals surface area contributed by atoms with Crippen LogP contribution in [0, 0.1) is 0 Å². The van der Waals surface area contributed by atoms with Crippen molar-refractivity contribution in [3.05, 3.63) is 29.8 Å². The van der Waals surface area contributed by atoms with Crippen LogP contribution in [0.5, 0.6) is 0 Å². The number of nitrogens with zero attached hydrogens (tertiary/aromatic N) is 1. The summed E-state index contributed by atoms with van der Waals surface area (Å²) >= 11 is 0. The van der Waals surface area contributed by atoms with E-state index in [9.17, 15) is 8.42 Å². The lowest BCUT2D eigenvalue weighted by Gasteiger charge is -2.22. The van der Waals surface area contributed by atoms with Crippen molar-refractivity contribution in [1.82, 2.24) is 9.62 Å². The van der Waals surface area contributed by atoms with Crippen LogP contribution < -0.4 is 5.32 Å². The Morgan fingerprint density at radius 3 is 2.38 bits per heavy atom. The normalized spacial score (nSPS) is 24.4. The molecule has 3 atom stereocenters. The summed E-state index contributed by atoms with van der Waals surface area (Å²) in [6.45, 7) is 4.95. The molecule has 0 bridgehead atoms. The molecule has 1 saturated heterocycles. The van der Waals surface area contributed by atoms with Crippen LogP contribution in [0.1, 0.15) is 31.9 Å². The number of hydrogen-bond acceptors (Lipinski definition) is 4. The van der Waals surface area contributed by atoms with Gasteiger partial charge in [0, 0.05) is 32.8 Å². The minimum absolute atomic E-state index is 0.162. The summed E-state index contributed by atoms with van der Waals surface area (Å²) in [7, 11) is -0.284. The Morgan fingerprint density at radius 2 is 1.90 bits per heavy atom. The number of rotatable bonds is 5. The zero-order chi connectivity index (χ0) is 15.6. The summed E-state index contributed by atoms with van der Waals surface area (Å²) in [5, 5.41) is 3.54. The van der Waals surface area contributed by atoms with E-state index in [-0.39, 0.29) is 12.1 Å². The second-order valence-electron chi connectivity index (χ2n) is 5.72. The molecule has 1 aromatic carbocycles. The number of ether oxygens (including phenoxy) is 1. The number of benzene rings is 1. The largest absolute Gasteiger partial charge is 0.377 e. The van der Waals surface area contributed by atoms with Gasteiger partial charge in [-0.2, -0.15) is 0 Å². The SMILES string of the molecule is CC(NC1CCOC1C)c1ccc(S(=O)(=O)N(C)C)cc1. The zero-order valence-electron chi connectivity index (χ0n) is 13.0. The summed E-state index contributed by atoms with van der Waals surface area (Å²) in [6.07, 6.45) is 1.24. The summed E-state index contributed by atoms with van der Waals surface area (Å²) < 4.78 is 30.8. The van der Waals surface area contributed by atoms with Crippen molar-refractivity contribution in [2.24, 2.45) is 0 Å². The zero-order valence-corrected chi connectivity index (χ0v) is 13.9. The van der Waals surface area contributed by atoms with Gasteiger partial charge in [0.05, 0.1) is 11.0 Å². The molecule has 1 aliphatic rings. The highest BCUT2D eigenvalue weighted by molar-refractivity contribution is 7.89. The third kappa shape index (κ3) is 3.63. The highest BCUT2D eigenvalue weighted by atomic mass is 32.2.